The lowest BCUT2D eigenvalue weighted by atomic mass is 9.98. The number of pyridine rings is 1. The number of aliphatic hydroxyl groups is 1. The largest absolute Gasteiger partial charge is 0.386 e. The third-order valence-electron chi connectivity index (χ3n) is 2.11. The normalized spacial score (nSPS) is 15.0. The van der Waals surface area contributed by atoms with Crippen LogP contribution in [-0.2, 0) is 4.79 Å². The van der Waals surface area contributed by atoms with Gasteiger partial charge >= 0.3 is 0 Å². The molecule has 1 aromatic rings. The van der Waals surface area contributed by atoms with Crippen LogP contribution < -0.4 is 0 Å². The van der Waals surface area contributed by atoms with E-state index >= 15 is 0 Å². The molecule has 0 radical (unpaired) electrons. The van der Waals surface area contributed by atoms with E-state index in [1.165, 1.54) is 6.92 Å². The number of hydrogen-bond acceptors (Lipinski definition) is 3. The van der Waals surface area contributed by atoms with Crippen LogP contribution in [0.15, 0.2) is 24.4 Å². The average Bonchev–Trinajstić information content (AvgIpc) is 2.17. The topological polar surface area (TPSA) is 50.2 Å². The van der Waals surface area contributed by atoms with Gasteiger partial charge in [0.15, 0.2) is 0 Å². The molecular formula is C10H13NO2. The molecule has 0 fully saturated rings. The Kier molecular flexibility index (Phi) is 3.14. The zero-order valence-corrected chi connectivity index (χ0v) is 7.77. The van der Waals surface area contributed by atoms with E-state index in [9.17, 15) is 9.90 Å². The molecule has 0 spiro atoms. The first kappa shape index (κ1) is 9.86. The Morgan fingerprint density at radius 3 is 2.69 bits per heavy atom. The Labute approximate surface area is 77.4 Å². The van der Waals surface area contributed by atoms with Gasteiger partial charge in [-0.1, -0.05) is 13.0 Å². The number of Topliss-reactive ketones (excluding diaryl/α,β-unsaturated/α-hetero) is 1. The van der Waals surface area contributed by atoms with E-state index in [0.29, 0.717) is 5.69 Å². The van der Waals surface area contributed by atoms with Crippen LogP contribution in [0.1, 0.15) is 25.6 Å². The lowest BCUT2D eigenvalue weighted by molar-refractivity contribution is -0.123. The van der Waals surface area contributed by atoms with E-state index < -0.39 is 12.0 Å². The van der Waals surface area contributed by atoms with Gasteiger partial charge in [0, 0.05) is 12.1 Å². The Morgan fingerprint density at radius 2 is 2.23 bits per heavy atom. The van der Waals surface area contributed by atoms with Crippen LogP contribution in [0.5, 0.6) is 0 Å². The van der Waals surface area contributed by atoms with Crippen LogP contribution in [0.4, 0.5) is 0 Å². The first-order valence-electron chi connectivity index (χ1n) is 4.22. The second kappa shape index (κ2) is 4.14. The fourth-order valence-corrected chi connectivity index (χ4v) is 1.03. The molecule has 3 nitrogen and oxygen atoms in total. The number of carbonyl (C=O) groups is 1. The Bertz CT molecular complexity index is 284. The summed E-state index contributed by atoms with van der Waals surface area (Å²) in [7, 11) is 0. The molecule has 1 aromatic heterocycles. The van der Waals surface area contributed by atoms with Crippen molar-refractivity contribution in [2.45, 2.75) is 20.0 Å². The standard InChI is InChI=1S/C10H13NO2/c1-7(8(2)12)10(13)9-5-3-4-6-11-9/h3-7,10,13H,1-2H3. The number of aliphatic hydroxyl groups excluding tert-OH is 1. The molecule has 0 aliphatic heterocycles. The smallest absolute Gasteiger partial charge is 0.135 e. The lowest BCUT2D eigenvalue weighted by Gasteiger charge is -2.14. The van der Waals surface area contributed by atoms with Crippen LogP contribution in [0.25, 0.3) is 0 Å². The number of carbonyl (C=O) groups excluding carboxylic acids is 1. The van der Waals surface area contributed by atoms with Crippen LogP contribution in [0, 0.1) is 5.92 Å². The van der Waals surface area contributed by atoms with Crippen LogP contribution in [-0.4, -0.2) is 15.9 Å². The molecule has 3 heteroatoms. The summed E-state index contributed by atoms with van der Waals surface area (Å²) in [6.45, 7) is 3.17. The molecule has 0 saturated carbocycles. The van der Waals surface area contributed by atoms with E-state index in [-0.39, 0.29) is 5.78 Å². The highest BCUT2D eigenvalue weighted by Gasteiger charge is 2.20. The molecule has 0 amide bonds. The monoisotopic (exact) mass is 179 g/mol. The number of nitrogens with zero attached hydrogens (tertiary/aromatic N) is 1. The maximum atomic E-state index is 11.0. The average molecular weight is 179 g/mol. The fourth-order valence-electron chi connectivity index (χ4n) is 1.03. The first-order valence-corrected chi connectivity index (χ1v) is 4.22. The van der Waals surface area contributed by atoms with Gasteiger partial charge in [-0.3, -0.25) is 9.78 Å². The summed E-state index contributed by atoms with van der Waals surface area (Å²) in [5.74, 6) is -0.423. The van der Waals surface area contributed by atoms with Crippen molar-refractivity contribution >= 4 is 5.78 Å². The molecule has 13 heavy (non-hydrogen) atoms. The van der Waals surface area contributed by atoms with E-state index in [1.54, 1.807) is 31.3 Å². The lowest BCUT2D eigenvalue weighted by Crippen LogP contribution is -2.17. The highest BCUT2D eigenvalue weighted by molar-refractivity contribution is 5.78. The van der Waals surface area contributed by atoms with Gasteiger partial charge in [0.2, 0.25) is 0 Å². The van der Waals surface area contributed by atoms with Crippen molar-refractivity contribution in [3.8, 4) is 0 Å². The Morgan fingerprint density at radius 1 is 1.54 bits per heavy atom. The van der Waals surface area contributed by atoms with E-state index in [4.69, 9.17) is 0 Å². The molecule has 0 aliphatic carbocycles. The molecule has 0 saturated heterocycles. The third-order valence-corrected chi connectivity index (χ3v) is 2.11. The van der Waals surface area contributed by atoms with Crippen molar-refractivity contribution < 1.29 is 9.90 Å². The minimum Gasteiger partial charge on any atom is -0.386 e. The van der Waals surface area contributed by atoms with Gasteiger partial charge in [-0.15, -0.1) is 0 Å². The SMILES string of the molecule is CC(=O)C(C)C(O)c1ccccn1. The van der Waals surface area contributed by atoms with Gasteiger partial charge in [0.1, 0.15) is 11.9 Å². The number of ketones is 1. The predicted molar refractivity (Wildman–Crippen MR) is 49.0 cm³/mol. The minimum atomic E-state index is -0.793. The molecule has 1 heterocycles. The van der Waals surface area contributed by atoms with E-state index in [2.05, 4.69) is 4.98 Å². The van der Waals surface area contributed by atoms with Gasteiger partial charge in [-0.05, 0) is 19.1 Å². The summed E-state index contributed by atoms with van der Waals surface area (Å²) < 4.78 is 0. The second-order valence-corrected chi connectivity index (χ2v) is 3.10. The molecule has 1 N–H and O–H groups in total. The Balaban J connectivity index is 2.79. The predicted octanol–water partition coefficient (Wildman–Crippen LogP) is 1.34. The first-order chi connectivity index (χ1) is 6.13. The van der Waals surface area contributed by atoms with Crippen LogP contribution in [0.2, 0.25) is 0 Å². The van der Waals surface area contributed by atoms with Crippen LogP contribution >= 0.6 is 0 Å². The third kappa shape index (κ3) is 2.36. The number of aromatic nitrogens is 1. The van der Waals surface area contributed by atoms with Gasteiger partial charge in [0.25, 0.3) is 0 Å². The molecule has 2 atom stereocenters. The highest BCUT2D eigenvalue weighted by Crippen LogP contribution is 2.19. The molecule has 70 valence electrons. The number of hydrogen-bond donors (Lipinski definition) is 1. The maximum Gasteiger partial charge on any atom is 0.135 e. The maximum absolute atomic E-state index is 11.0. The van der Waals surface area contributed by atoms with Crippen molar-refractivity contribution in [1.29, 1.82) is 0 Å². The summed E-state index contributed by atoms with van der Waals surface area (Å²) >= 11 is 0. The Hall–Kier alpha value is -1.22. The molecule has 0 aromatic carbocycles. The van der Waals surface area contributed by atoms with Crippen molar-refractivity contribution in [1.82, 2.24) is 4.98 Å². The van der Waals surface area contributed by atoms with Crippen molar-refractivity contribution in [3.05, 3.63) is 30.1 Å². The highest BCUT2D eigenvalue weighted by atomic mass is 16.3. The van der Waals surface area contributed by atoms with Crippen LogP contribution in [0.3, 0.4) is 0 Å². The van der Waals surface area contributed by atoms with Crippen molar-refractivity contribution in [2.75, 3.05) is 0 Å². The van der Waals surface area contributed by atoms with Gasteiger partial charge in [-0.2, -0.15) is 0 Å². The zero-order chi connectivity index (χ0) is 9.84. The van der Waals surface area contributed by atoms with Gasteiger partial charge < -0.3 is 5.11 Å². The fraction of sp³-hybridized carbons (Fsp3) is 0.400. The van der Waals surface area contributed by atoms with Gasteiger partial charge in [-0.25, -0.2) is 0 Å². The molecule has 2 unspecified atom stereocenters. The summed E-state index contributed by atoms with van der Waals surface area (Å²) in [5.41, 5.74) is 0.546. The second-order valence-electron chi connectivity index (χ2n) is 3.10. The molecule has 0 aliphatic rings. The summed E-state index contributed by atoms with van der Waals surface area (Å²) in [5, 5.41) is 9.68. The zero-order valence-electron chi connectivity index (χ0n) is 7.77. The summed E-state index contributed by atoms with van der Waals surface area (Å²) in [6.07, 6.45) is 0.810. The van der Waals surface area contributed by atoms with E-state index in [0.717, 1.165) is 0 Å². The number of rotatable bonds is 3. The summed E-state index contributed by atoms with van der Waals surface area (Å²) in [6, 6.07) is 5.27. The molecular weight excluding hydrogens is 166 g/mol. The van der Waals surface area contributed by atoms with Gasteiger partial charge in [0.05, 0.1) is 5.69 Å². The summed E-state index contributed by atoms with van der Waals surface area (Å²) in [4.78, 5) is 15.0. The minimum absolute atomic E-state index is 0.0295. The van der Waals surface area contributed by atoms with Crippen molar-refractivity contribution in [2.24, 2.45) is 5.92 Å². The molecule has 1 rings (SSSR count). The quantitative estimate of drug-likeness (QED) is 0.761. The molecule has 0 bridgehead atoms. The van der Waals surface area contributed by atoms with E-state index in [1.807, 2.05) is 0 Å². The van der Waals surface area contributed by atoms with Crippen molar-refractivity contribution in [3.63, 3.8) is 0 Å².